The molecule has 3 aromatic rings. The van der Waals surface area contributed by atoms with Crippen molar-refractivity contribution < 1.29 is 21.6 Å². The van der Waals surface area contributed by atoms with Crippen LogP contribution in [-0.4, -0.2) is 38.8 Å². The molecular weight excluding hydrogens is 498 g/mol. The largest absolute Gasteiger partial charge is 0.285 e. The minimum atomic E-state index is -4.06. The van der Waals surface area contributed by atoms with E-state index in [0.29, 0.717) is 0 Å². The lowest BCUT2D eigenvalue weighted by Gasteiger charge is -2.19. The molecule has 0 aliphatic carbocycles. The predicted molar refractivity (Wildman–Crippen MR) is 131 cm³/mol. The topological polar surface area (TPSA) is 123 Å². The van der Waals surface area contributed by atoms with Gasteiger partial charge in [0.25, 0.3) is 10.0 Å². The average Bonchev–Trinajstić information content (AvgIpc) is 2.71. The number of carbonyl (C=O) groups excluding carboxylic acids is 1. The van der Waals surface area contributed by atoms with E-state index in [4.69, 9.17) is 11.6 Å². The van der Waals surface area contributed by atoms with Gasteiger partial charge in [-0.2, -0.15) is 0 Å². The molecular formula is C23H24ClN3O5S2. The molecule has 2 aromatic heterocycles. The van der Waals surface area contributed by atoms with E-state index in [1.54, 1.807) is 12.1 Å². The number of sulfonamides is 1. The van der Waals surface area contributed by atoms with E-state index in [2.05, 4.69) is 14.7 Å². The second-order valence-corrected chi connectivity index (χ2v) is 13.1. The molecule has 0 saturated carbocycles. The molecule has 0 aliphatic rings. The van der Waals surface area contributed by atoms with Crippen molar-refractivity contribution in [1.29, 1.82) is 0 Å². The first-order valence-electron chi connectivity index (χ1n) is 10.1. The van der Waals surface area contributed by atoms with Crippen molar-refractivity contribution >= 4 is 42.9 Å². The zero-order chi connectivity index (χ0) is 25.3. The number of aromatic nitrogens is 2. The van der Waals surface area contributed by atoms with Gasteiger partial charge < -0.3 is 0 Å². The van der Waals surface area contributed by atoms with Crippen LogP contribution in [0.3, 0.4) is 0 Å². The van der Waals surface area contributed by atoms with Crippen LogP contribution < -0.4 is 4.72 Å². The Balaban J connectivity index is 1.97. The number of nitrogens with zero attached hydrogens (tertiary/aromatic N) is 2. The van der Waals surface area contributed by atoms with Gasteiger partial charge in [0.2, 0.25) is 5.78 Å². The number of pyridine rings is 2. The Morgan fingerprint density at radius 1 is 1.03 bits per heavy atom. The lowest BCUT2D eigenvalue weighted by Crippen LogP contribution is -2.18. The maximum atomic E-state index is 13.1. The first-order chi connectivity index (χ1) is 15.7. The Morgan fingerprint density at radius 3 is 2.26 bits per heavy atom. The van der Waals surface area contributed by atoms with Gasteiger partial charge in [-0.15, -0.1) is 0 Å². The van der Waals surface area contributed by atoms with Gasteiger partial charge in [-0.05, 0) is 41.3 Å². The van der Waals surface area contributed by atoms with E-state index in [-0.39, 0.29) is 43.9 Å². The molecule has 0 radical (unpaired) electrons. The molecule has 1 N–H and O–H groups in total. The van der Waals surface area contributed by atoms with E-state index in [0.717, 1.165) is 11.8 Å². The molecule has 0 aliphatic heterocycles. The Bertz CT molecular complexity index is 1450. The third-order valence-electron chi connectivity index (χ3n) is 4.79. The van der Waals surface area contributed by atoms with Crippen LogP contribution in [0.2, 0.25) is 5.02 Å². The fourth-order valence-electron chi connectivity index (χ4n) is 3.11. The number of hydrogen-bond acceptors (Lipinski definition) is 7. The third kappa shape index (κ3) is 6.40. The fraction of sp³-hybridized carbons (Fsp3) is 0.261. The van der Waals surface area contributed by atoms with E-state index in [1.807, 2.05) is 20.8 Å². The van der Waals surface area contributed by atoms with Crippen LogP contribution in [0.15, 0.2) is 59.6 Å². The number of ketones is 1. The highest BCUT2D eigenvalue weighted by atomic mass is 35.5. The summed E-state index contributed by atoms with van der Waals surface area (Å²) in [5.41, 5.74) is 0.585. The second kappa shape index (κ2) is 9.44. The molecule has 180 valence electrons. The smallest absolute Gasteiger partial charge is 0.261 e. The highest BCUT2D eigenvalue weighted by molar-refractivity contribution is 7.92. The zero-order valence-electron chi connectivity index (χ0n) is 19.0. The summed E-state index contributed by atoms with van der Waals surface area (Å²) in [6.07, 6.45) is 2.27. The number of carbonyl (C=O) groups is 1. The molecule has 11 heteroatoms. The van der Waals surface area contributed by atoms with Crippen LogP contribution in [0.1, 0.15) is 48.2 Å². The molecule has 8 nitrogen and oxygen atoms in total. The first-order valence-corrected chi connectivity index (χ1v) is 14.1. The number of halogens is 1. The lowest BCUT2D eigenvalue weighted by molar-refractivity contribution is 0.103. The van der Waals surface area contributed by atoms with Crippen LogP contribution in [0.5, 0.6) is 0 Å². The molecule has 3 rings (SSSR count). The predicted octanol–water partition coefficient (Wildman–Crippen LogP) is 4.00. The molecule has 0 saturated heterocycles. The number of hydrogen-bond donors (Lipinski definition) is 1. The van der Waals surface area contributed by atoms with Crippen LogP contribution in [-0.2, 0) is 31.0 Å². The third-order valence-corrected chi connectivity index (χ3v) is 7.20. The molecule has 2 heterocycles. The van der Waals surface area contributed by atoms with Crippen molar-refractivity contribution in [2.45, 2.75) is 36.8 Å². The Kier molecular flexibility index (Phi) is 7.16. The van der Waals surface area contributed by atoms with Crippen molar-refractivity contribution in [2.24, 2.45) is 0 Å². The van der Waals surface area contributed by atoms with E-state index in [1.165, 1.54) is 42.6 Å². The van der Waals surface area contributed by atoms with Gasteiger partial charge in [0.1, 0.15) is 11.4 Å². The molecule has 1 aromatic carbocycles. The summed E-state index contributed by atoms with van der Waals surface area (Å²) in [6.45, 7) is 6.05. The number of anilines is 1. The van der Waals surface area contributed by atoms with E-state index >= 15 is 0 Å². The van der Waals surface area contributed by atoms with Gasteiger partial charge >= 0.3 is 0 Å². The SMILES string of the molecule is CC(C)(C)c1ccc(S(=O)(=O)Nc2cc(Cl)cnc2C(=O)c2cccc(CS(C)(=O)=O)n2)cc1. The van der Waals surface area contributed by atoms with Gasteiger partial charge in [-0.25, -0.2) is 26.8 Å². The monoisotopic (exact) mass is 521 g/mol. The summed E-state index contributed by atoms with van der Waals surface area (Å²) >= 11 is 6.02. The molecule has 0 fully saturated rings. The second-order valence-electron chi connectivity index (χ2n) is 8.84. The van der Waals surface area contributed by atoms with Crippen molar-refractivity contribution in [1.82, 2.24) is 9.97 Å². The summed E-state index contributed by atoms with van der Waals surface area (Å²) < 4.78 is 51.6. The molecule has 0 atom stereocenters. The normalized spacial score (nSPS) is 12.4. The first kappa shape index (κ1) is 25.8. The summed E-state index contributed by atoms with van der Waals surface area (Å²) in [5, 5.41) is 0.121. The van der Waals surface area contributed by atoms with Gasteiger partial charge in [-0.1, -0.05) is 50.6 Å². The van der Waals surface area contributed by atoms with Crippen molar-refractivity contribution in [2.75, 3.05) is 11.0 Å². The minimum Gasteiger partial charge on any atom is -0.285 e. The number of rotatable bonds is 7. The number of benzene rings is 1. The summed E-state index contributed by atoms with van der Waals surface area (Å²) in [6, 6.07) is 12.1. The Morgan fingerprint density at radius 2 is 1.68 bits per heavy atom. The van der Waals surface area contributed by atoms with Crippen LogP contribution in [0.25, 0.3) is 0 Å². The quantitative estimate of drug-likeness (QED) is 0.466. The maximum Gasteiger partial charge on any atom is 0.261 e. The zero-order valence-corrected chi connectivity index (χ0v) is 21.4. The standard InChI is InChI=1S/C23H24ClN3O5S2/c1-23(2,3)15-8-10-18(11-9-15)34(31,32)27-20-12-16(24)13-25-21(20)22(28)19-7-5-6-17(26-19)14-33(4,29)30/h5-13,27H,14H2,1-4H3. The van der Waals surface area contributed by atoms with E-state index in [9.17, 15) is 21.6 Å². The van der Waals surface area contributed by atoms with Crippen molar-refractivity contribution in [3.05, 3.63) is 82.4 Å². The van der Waals surface area contributed by atoms with Gasteiger partial charge in [0, 0.05) is 12.5 Å². The van der Waals surface area contributed by atoms with Gasteiger partial charge in [0.15, 0.2) is 9.84 Å². The molecule has 0 bridgehead atoms. The highest BCUT2D eigenvalue weighted by Gasteiger charge is 2.23. The highest BCUT2D eigenvalue weighted by Crippen LogP contribution is 2.27. The minimum absolute atomic E-state index is 0.00662. The summed E-state index contributed by atoms with van der Waals surface area (Å²) in [4.78, 5) is 21.3. The van der Waals surface area contributed by atoms with E-state index < -0.39 is 25.6 Å². The average molecular weight is 522 g/mol. The maximum absolute atomic E-state index is 13.1. The van der Waals surface area contributed by atoms with Crippen LogP contribution in [0.4, 0.5) is 5.69 Å². The molecule has 34 heavy (non-hydrogen) atoms. The number of nitrogens with one attached hydrogen (secondary N) is 1. The lowest BCUT2D eigenvalue weighted by atomic mass is 9.87. The Labute approximate surface area is 204 Å². The summed E-state index contributed by atoms with van der Waals surface area (Å²) in [5.74, 6) is -1.03. The molecule has 0 unspecified atom stereocenters. The fourth-order valence-corrected chi connectivity index (χ4v) is 5.03. The molecule has 0 amide bonds. The van der Waals surface area contributed by atoms with Gasteiger partial charge in [-0.3, -0.25) is 9.52 Å². The molecule has 0 spiro atoms. The van der Waals surface area contributed by atoms with Crippen LogP contribution in [0, 0.1) is 0 Å². The van der Waals surface area contributed by atoms with Crippen LogP contribution >= 0.6 is 11.6 Å². The van der Waals surface area contributed by atoms with Crippen molar-refractivity contribution in [3.63, 3.8) is 0 Å². The summed E-state index contributed by atoms with van der Waals surface area (Å²) in [7, 11) is -7.43. The Hall–Kier alpha value is -2.82. The van der Waals surface area contributed by atoms with Crippen molar-refractivity contribution in [3.8, 4) is 0 Å². The number of sulfone groups is 1. The van der Waals surface area contributed by atoms with Gasteiger partial charge in [0.05, 0.1) is 27.1 Å².